The maximum atomic E-state index is 11.9. The number of aromatic hydroxyl groups is 1. The molecule has 2 rings (SSSR count). The summed E-state index contributed by atoms with van der Waals surface area (Å²) >= 11 is 5.86. The minimum Gasteiger partial charge on any atom is -0.494 e. The fraction of sp³-hybridized carbons (Fsp3) is 0.231. The van der Waals surface area contributed by atoms with E-state index < -0.39 is 11.2 Å². The Labute approximate surface area is 114 Å². The van der Waals surface area contributed by atoms with Crippen molar-refractivity contribution < 1.29 is 5.11 Å². The quantitative estimate of drug-likeness (QED) is 0.880. The second kappa shape index (κ2) is 4.93. The van der Waals surface area contributed by atoms with Gasteiger partial charge in [-0.1, -0.05) is 18.5 Å². The monoisotopic (exact) mass is 280 g/mol. The van der Waals surface area contributed by atoms with Crippen LogP contribution in [0.2, 0.25) is 5.02 Å². The zero-order chi connectivity index (χ0) is 14.2. The van der Waals surface area contributed by atoms with E-state index in [9.17, 15) is 14.7 Å². The highest BCUT2D eigenvalue weighted by Crippen LogP contribution is 2.22. The molecule has 5 nitrogen and oxygen atoms in total. The van der Waals surface area contributed by atoms with Gasteiger partial charge >= 0.3 is 5.69 Å². The molecule has 0 radical (unpaired) electrons. The van der Waals surface area contributed by atoms with Crippen LogP contribution in [0.25, 0.3) is 5.69 Å². The first-order chi connectivity index (χ1) is 8.95. The Kier molecular flexibility index (Phi) is 3.48. The Morgan fingerprint density at radius 1 is 1.37 bits per heavy atom. The van der Waals surface area contributed by atoms with Crippen LogP contribution in [0.5, 0.6) is 5.88 Å². The van der Waals surface area contributed by atoms with Crippen molar-refractivity contribution >= 4 is 11.6 Å². The van der Waals surface area contributed by atoms with Gasteiger partial charge in [-0.3, -0.25) is 9.78 Å². The fourth-order valence-corrected chi connectivity index (χ4v) is 2.20. The van der Waals surface area contributed by atoms with Gasteiger partial charge in [-0.15, -0.1) is 0 Å². The number of nitrogens with one attached hydrogen (secondary N) is 1. The molecular weight excluding hydrogens is 268 g/mol. The smallest absolute Gasteiger partial charge is 0.335 e. The lowest BCUT2D eigenvalue weighted by molar-refractivity contribution is 0.423. The molecule has 2 aromatic rings. The van der Waals surface area contributed by atoms with Crippen LogP contribution in [0.1, 0.15) is 18.1 Å². The van der Waals surface area contributed by atoms with Crippen molar-refractivity contribution in [1.29, 1.82) is 0 Å². The van der Waals surface area contributed by atoms with Gasteiger partial charge in [-0.2, -0.15) is 0 Å². The number of hydrogen-bond acceptors (Lipinski definition) is 3. The Bertz CT molecular complexity index is 747. The van der Waals surface area contributed by atoms with Crippen LogP contribution < -0.4 is 11.2 Å². The molecule has 0 amide bonds. The number of aromatic amines is 1. The standard InChI is InChI=1S/C13H13ClN2O3/c1-3-9-11(17)15-13(19)16(12(9)18)10-5-4-8(14)6-7(10)2/h4-6,18H,3H2,1-2H3,(H,15,17,19). The number of benzene rings is 1. The van der Waals surface area contributed by atoms with Gasteiger partial charge < -0.3 is 5.11 Å². The lowest BCUT2D eigenvalue weighted by atomic mass is 10.2. The fourth-order valence-electron chi connectivity index (χ4n) is 1.97. The van der Waals surface area contributed by atoms with Gasteiger partial charge in [0, 0.05) is 5.02 Å². The zero-order valence-electron chi connectivity index (χ0n) is 10.5. The second-order valence-corrected chi connectivity index (χ2v) is 4.62. The summed E-state index contributed by atoms with van der Waals surface area (Å²) in [7, 11) is 0. The molecule has 0 aliphatic rings. The molecule has 0 aliphatic heterocycles. The van der Waals surface area contributed by atoms with Crippen LogP contribution >= 0.6 is 11.6 Å². The largest absolute Gasteiger partial charge is 0.494 e. The van der Waals surface area contributed by atoms with Crippen LogP contribution in [0.15, 0.2) is 27.8 Å². The second-order valence-electron chi connectivity index (χ2n) is 4.18. The summed E-state index contributed by atoms with van der Waals surface area (Å²) in [5.74, 6) is -0.332. The number of aromatic nitrogens is 2. The van der Waals surface area contributed by atoms with Crippen LogP contribution in [-0.2, 0) is 6.42 Å². The zero-order valence-corrected chi connectivity index (χ0v) is 11.3. The van der Waals surface area contributed by atoms with E-state index in [-0.39, 0.29) is 11.4 Å². The number of rotatable bonds is 2. The highest BCUT2D eigenvalue weighted by atomic mass is 35.5. The molecule has 0 atom stereocenters. The van der Waals surface area contributed by atoms with E-state index in [1.807, 2.05) is 0 Å². The number of H-pyrrole nitrogens is 1. The van der Waals surface area contributed by atoms with E-state index in [2.05, 4.69) is 4.98 Å². The van der Waals surface area contributed by atoms with Gasteiger partial charge in [0.2, 0.25) is 5.88 Å². The van der Waals surface area contributed by atoms with E-state index >= 15 is 0 Å². The normalized spacial score (nSPS) is 10.7. The van der Waals surface area contributed by atoms with E-state index in [0.717, 1.165) is 10.1 Å². The Hall–Kier alpha value is -2.01. The van der Waals surface area contributed by atoms with Gasteiger partial charge in [0.1, 0.15) is 0 Å². The highest BCUT2D eigenvalue weighted by molar-refractivity contribution is 6.30. The van der Waals surface area contributed by atoms with E-state index in [1.54, 1.807) is 32.0 Å². The Balaban J connectivity index is 2.83. The van der Waals surface area contributed by atoms with Gasteiger partial charge in [-0.25, -0.2) is 9.36 Å². The Morgan fingerprint density at radius 3 is 2.63 bits per heavy atom. The molecular formula is C13H13ClN2O3. The molecule has 0 spiro atoms. The first kappa shape index (κ1) is 13.4. The van der Waals surface area contributed by atoms with E-state index in [1.165, 1.54) is 0 Å². The molecule has 1 aromatic heterocycles. The van der Waals surface area contributed by atoms with Crippen molar-refractivity contribution in [3.63, 3.8) is 0 Å². The summed E-state index contributed by atoms with van der Waals surface area (Å²) in [4.78, 5) is 25.6. The Morgan fingerprint density at radius 2 is 2.05 bits per heavy atom. The SMILES string of the molecule is CCc1c(O)n(-c2ccc(Cl)cc2C)c(=O)[nH]c1=O. The van der Waals surface area contributed by atoms with Crippen LogP contribution in [0.3, 0.4) is 0 Å². The third kappa shape index (κ3) is 2.29. The van der Waals surface area contributed by atoms with E-state index in [0.29, 0.717) is 17.1 Å². The van der Waals surface area contributed by atoms with Crippen LogP contribution in [0, 0.1) is 6.92 Å². The minimum atomic E-state index is -0.676. The molecule has 1 aromatic carbocycles. The summed E-state index contributed by atoms with van der Waals surface area (Å²) in [6, 6.07) is 4.92. The number of aryl methyl sites for hydroxylation is 1. The molecule has 0 saturated heterocycles. The first-order valence-corrected chi connectivity index (χ1v) is 6.17. The lowest BCUT2D eigenvalue weighted by Crippen LogP contribution is -2.31. The van der Waals surface area contributed by atoms with Crippen molar-refractivity contribution in [2.45, 2.75) is 20.3 Å². The molecule has 0 unspecified atom stereocenters. The summed E-state index contributed by atoms with van der Waals surface area (Å²) in [6.45, 7) is 3.50. The molecule has 2 N–H and O–H groups in total. The predicted octanol–water partition coefficient (Wildman–Crippen LogP) is 1.76. The van der Waals surface area contributed by atoms with Crippen LogP contribution in [0.4, 0.5) is 0 Å². The number of hydrogen-bond donors (Lipinski definition) is 2. The molecule has 0 fully saturated rings. The predicted molar refractivity (Wildman–Crippen MR) is 73.4 cm³/mol. The van der Waals surface area contributed by atoms with Crippen molar-refractivity contribution in [1.82, 2.24) is 9.55 Å². The maximum absolute atomic E-state index is 11.9. The molecule has 100 valence electrons. The summed E-state index contributed by atoms with van der Waals surface area (Å²) < 4.78 is 1.08. The average Bonchev–Trinajstić information content (AvgIpc) is 2.31. The van der Waals surface area contributed by atoms with Gasteiger partial charge in [0.25, 0.3) is 5.56 Å². The molecule has 0 saturated carbocycles. The third-order valence-electron chi connectivity index (χ3n) is 2.93. The van der Waals surface area contributed by atoms with Crippen molar-refractivity contribution in [3.05, 3.63) is 55.2 Å². The molecule has 6 heteroatoms. The van der Waals surface area contributed by atoms with Crippen molar-refractivity contribution in [2.24, 2.45) is 0 Å². The summed E-state index contributed by atoms with van der Waals surface area (Å²) in [5.41, 5.74) is 0.142. The number of halogens is 1. The minimum absolute atomic E-state index is 0.175. The molecule has 0 bridgehead atoms. The molecule has 19 heavy (non-hydrogen) atoms. The van der Waals surface area contributed by atoms with Gasteiger partial charge in [-0.05, 0) is 37.1 Å². The number of nitrogens with zero attached hydrogens (tertiary/aromatic N) is 1. The first-order valence-electron chi connectivity index (χ1n) is 5.79. The third-order valence-corrected chi connectivity index (χ3v) is 3.17. The summed E-state index contributed by atoms with van der Waals surface area (Å²) in [6.07, 6.45) is 0.327. The summed E-state index contributed by atoms with van der Waals surface area (Å²) in [5, 5.41) is 10.6. The van der Waals surface area contributed by atoms with E-state index in [4.69, 9.17) is 11.6 Å². The topological polar surface area (TPSA) is 75.1 Å². The van der Waals surface area contributed by atoms with Gasteiger partial charge in [0.05, 0.1) is 11.3 Å². The van der Waals surface area contributed by atoms with Crippen molar-refractivity contribution in [3.8, 4) is 11.6 Å². The maximum Gasteiger partial charge on any atom is 0.335 e. The van der Waals surface area contributed by atoms with Crippen LogP contribution in [-0.4, -0.2) is 14.7 Å². The van der Waals surface area contributed by atoms with Gasteiger partial charge in [0.15, 0.2) is 0 Å². The molecule has 1 heterocycles. The highest BCUT2D eigenvalue weighted by Gasteiger charge is 2.15. The van der Waals surface area contributed by atoms with Crippen molar-refractivity contribution in [2.75, 3.05) is 0 Å². The lowest BCUT2D eigenvalue weighted by Gasteiger charge is -2.12. The molecule has 0 aliphatic carbocycles. The average molecular weight is 281 g/mol.